The van der Waals surface area contributed by atoms with E-state index < -0.39 is 6.36 Å². The van der Waals surface area contributed by atoms with Gasteiger partial charge in [-0.05, 0) is 42.3 Å². The van der Waals surface area contributed by atoms with Crippen LogP contribution in [0.3, 0.4) is 0 Å². The van der Waals surface area contributed by atoms with Crippen LogP contribution in [0, 0.1) is 6.92 Å². The number of hydrogen-bond acceptors (Lipinski definition) is 2. The zero-order valence-corrected chi connectivity index (χ0v) is 12.8. The van der Waals surface area contributed by atoms with Gasteiger partial charge in [-0.15, -0.1) is 13.2 Å². The summed E-state index contributed by atoms with van der Waals surface area (Å²) in [6.07, 6.45) is -4.67. The molecular weight excluding hydrogens is 347 g/mol. The summed E-state index contributed by atoms with van der Waals surface area (Å²) in [5.74, 6) is -0.215. The molecule has 2 rings (SSSR count). The van der Waals surface area contributed by atoms with Crippen LogP contribution in [-0.4, -0.2) is 6.36 Å². The van der Waals surface area contributed by atoms with Gasteiger partial charge < -0.3 is 10.1 Å². The summed E-state index contributed by atoms with van der Waals surface area (Å²) >= 11 is 3.38. The number of aryl methyl sites for hydroxylation is 1. The predicted molar refractivity (Wildman–Crippen MR) is 79.3 cm³/mol. The Labute approximate surface area is 129 Å². The summed E-state index contributed by atoms with van der Waals surface area (Å²) in [4.78, 5) is 0. The van der Waals surface area contributed by atoms with Gasteiger partial charge in [-0.2, -0.15) is 0 Å². The first-order valence-corrected chi connectivity index (χ1v) is 6.97. The van der Waals surface area contributed by atoms with E-state index >= 15 is 0 Å². The summed E-state index contributed by atoms with van der Waals surface area (Å²) in [5, 5.41) is 3.19. The van der Waals surface area contributed by atoms with Crippen LogP contribution in [0.2, 0.25) is 0 Å². The van der Waals surface area contributed by atoms with Crippen molar-refractivity contribution in [3.05, 3.63) is 58.1 Å². The number of nitrogens with one attached hydrogen (secondary N) is 1. The van der Waals surface area contributed by atoms with Gasteiger partial charge in [0.25, 0.3) is 0 Å². The van der Waals surface area contributed by atoms with Crippen LogP contribution in [0.4, 0.5) is 18.9 Å². The van der Waals surface area contributed by atoms with Crippen molar-refractivity contribution < 1.29 is 17.9 Å². The van der Waals surface area contributed by atoms with Crippen LogP contribution in [0.5, 0.6) is 5.75 Å². The highest BCUT2D eigenvalue weighted by Crippen LogP contribution is 2.25. The third-order valence-corrected chi connectivity index (χ3v) is 3.31. The lowest BCUT2D eigenvalue weighted by molar-refractivity contribution is -0.274. The topological polar surface area (TPSA) is 21.3 Å². The molecule has 0 aliphatic heterocycles. The van der Waals surface area contributed by atoms with E-state index in [1.54, 1.807) is 6.07 Å². The van der Waals surface area contributed by atoms with E-state index in [-0.39, 0.29) is 5.75 Å². The minimum atomic E-state index is -4.67. The number of alkyl halides is 3. The van der Waals surface area contributed by atoms with Crippen molar-refractivity contribution >= 4 is 21.6 Å². The molecule has 112 valence electrons. The summed E-state index contributed by atoms with van der Waals surface area (Å²) < 4.78 is 41.4. The molecule has 0 aliphatic rings. The van der Waals surface area contributed by atoms with Crippen LogP contribution in [-0.2, 0) is 6.54 Å². The van der Waals surface area contributed by atoms with Gasteiger partial charge in [0.15, 0.2) is 0 Å². The lowest BCUT2D eigenvalue weighted by Crippen LogP contribution is -2.17. The number of hydrogen-bond donors (Lipinski definition) is 1. The molecule has 0 spiro atoms. The molecule has 0 radical (unpaired) electrons. The monoisotopic (exact) mass is 359 g/mol. The van der Waals surface area contributed by atoms with Crippen molar-refractivity contribution in [2.75, 3.05) is 5.32 Å². The Kier molecular flexibility index (Phi) is 4.77. The first-order chi connectivity index (χ1) is 9.83. The van der Waals surface area contributed by atoms with E-state index in [1.165, 1.54) is 18.2 Å². The van der Waals surface area contributed by atoms with Gasteiger partial charge in [0, 0.05) is 16.7 Å². The SMILES string of the molecule is Cc1ccc(Br)cc1NCc1cccc(OC(F)(F)F)c1. The van der Waals surface area contributed by atoms with E-state index in [9.17, 15) is 13.2 Å². The second-order valence-electron chi connectivity index (χ2n) is 4.51. The fourth-order valence-corrected chi connectivity index (χ4v) is 2.20. The van der Waals surface area contributed by atoms with E-state index in [1.807, 2.05) is 25.1 Å². The number of halogens is 4. The Balaban J connectivity index is 2.06. The average Bonchev–Trinajstić information content (AvgIpc) is 2.38. The maximum absolute atomic E-state index is 12.2. The van der Waals surface area contributed by atoms with Crippen molar-refractivity contribution in [3.63, 3.8) is 0 Å². The molecular formula is C15H13BrF3NO. The summed E-state index contributed by atoms with van der Waals surface area (Å²) in [6, 6.07) is 11.7. The van der Waals surface area contributed by atoms with Gasteiger partial charge in [-0.25, -0.2) is 0 Å². The van der Waals surface area contributed by atoms with Crippen LogP contribution in [0.1, 0.15) is 11.1 Å². The van der Waals surface area contributed by atoms with Crippen molar-refractivity contribution in [1.82, 2.24) is 0 Å². The Hall–Kier alpha value is -1.69. The van der Waals surface area contributed by atoms with Crippen molar-refractivity contribution in [2.45, 2.75) is 19.8 Å². The smallest absolute Gasteiger partial charge is 0.406 e. The molecule has 6 heteroatoms. The lowest BCUT2D eigenvalue weighted by Gasteiger charge is -2.12. The maximum Gasteiger partial charge on any atom is 0.573 e. The lowest BCUT2D eigenvalue weighted by atomic mass is 10.1. The Morgan fingerprint density at radius 3 is 2.62 bits per heavy atom. The molecule has 0 heterocycles. The Morgan fingerprint density at radius 2 is 1.90 bits per heavy atom. The summed E-state index contributed by atoms with van der Waals surface area (Å²) in [6.45, 7) is 2.37. The fourth-order valence-electron chi connectivity index (χ4n) is 1.83. The van der Waals surface area contributed by atoms with E-state index in [0.717, 1.165) is 15.7 Å². The standard InChI is InChI=1S/C15H13BrF3NO/c1-10-5-6-12(16)8-14(10)20-9-11-3-2-4-13(7-11)21-15(17,18)19/h2-8,20H,9H2,1H3. The molecule has 0 bridgehead atoms. The number of benzene rings is 2. The molecule has 21 heavy (non-hydrogen) atoms. The van der Waals surface area contributed by atoms with E-state index in [0.29, 0.717) is 12.1 Å². The molecule has 0 saturated heterocycles. The molecule has 1 N–H and O–H groups in total. The van der Waals surface area contributed by atoms with Crippen LogP contribution in [0.25, 0.3) is 0 Å². The van der Waals surface area contributed by atoms with Crippen LogP contribution >= 0.6 is 15.9 Å². The highest BCUT2D eigenvalue weighted by molar-refractivity contribution is 9.10. The molecule has 2 aromatic rings. The average molecular weight is 360 g/mol. The Bertz CT molecular complexity index is 629. The quantitative estimate of drug-likeness (QED) is 0.802. The Morgan fingerprint density at radius 1 is 1.14 bits per heavy atom. The van der Waals surface area contributed by atoms with E-state index in [4.69, 9.17) is 0 Å². The molecule has 0 atom stereocenters. The highest BCUT2D eigenvalue weighted by atomic mass is 79.9. The molecule has 0 unspecified atom stereocenters. The minimum Gasteiger partial charge on any atom is -0.406 e. The van der Waals surface area contributed by atoms with Crippen molar-refractivity contribution in [3.8, 4) is 5.75 Å². The third-order valence-electron chi connectivity index (χ3n) is 2.81. The third kappa shape index (κ3) is 4.97. The summed E-state index contributed by atoms with van der Waals surface area (Å²) in [5.41, 5.74) is 2.68. The van der Waals surface area contributed by atoms with Crippen molar-refractivity contribution in [2.24, 2.45) is 0 Å². The second kappa shape index (κ2) is 6.39. The molecule has 0 amide bonds. The second-order valence-corrected chi connectivity index (χ2v) is 5.42. The van der Waals surface area contributed by atoms with Gasteiger partial charge >= 0.3 is 6.36 Å². The molecule has 2 aromatic carbocycles. The molecule has 0 aliphatic carbocycles. The molecule has 2 nitrogen and oxygen atoms in total. The minimum absolute atomic E-state index is 0.215. The number of ether oxygens (including phenoxy) is 1. The molecule has 0 fully saturated rings. The fraction of sp³-hybridized carbons (Fsp3) is 0.200. The number of anilines is 1. The van der Waals surface area contributed by atoms with Gasteiger partial charge in [0.1, 0.15) is 5.75 Å². The highest BCUT2D eigenvalue weighted by Gasteiger charge is 2.31. The zero-order valence-electron chi connectivity index (χ0n) is 11.2. The largest absolute Gasteiger partial charge is 0.573 e. The van der Waals surface area contributed by atoms with Crippen LogP contribution in [0.15, 0.2) is 46.9 Å². The van der Waals surface area contributed by atoms with Gasteiger partial charge in [-0.1, -0.05) is 34.1 Å². The van der Waals surface area contributed by atoms with Crippen molar-refractivity contribution in [1.29, 1.82) is 0 Å². The normalized spacial score (nSPS) is 11.3. The molecule has 0 saturated carbocycles. The molecule has 0 aromatic heterocycles. The van der Waals surface area contributed by atoms with Crippen LogP contribution < -0.4 is 10.1 Å². The van der Waals surface area contributed by atoms with E-state index in [2.05, 4.69) is 26.0 Å². The van der Waals surface area contributed by atoms with Gasteiger partial charge in [-0.3, -0.25) is 0 Å². The van der Waals surface area contributed by atoms with Gasteiger partial charge in [0.05, 0.1) is 0 Å². The zero-order chi connectivity index (χ0) is 15.5. The number of rotatable bonds is 4. The summed E-state index contributed by atoms with van der Waals surface area (Å²) in [7, 11) is 0. The predicted octanol–water partition coefficient (Wildman–Crippen LogP) is 5.27. The van der Waals surface area contributed by atoms with Gasteiger partial charge in [0.2, 0.25) is 0 Å². The first-order valence-electron chi connectivity index (χ1n) is 6.18. The maximum atomic E-state index is 12.2. The first kappa shape index (κ1) is 15.7.